The van der Waals surface area contributed by atoms with Crippen molar-refractivity contribution < 1.29 is 19.1 Å². The summed E-state index contributed by atoms with van der Waals surface area (Å²) in [6.07, 6.45) is 1.62. The number of esters is 1. The zero-order chi connectivity index (χ0) is 14.5. The first-order chi connectivity index (χ1) is 9.69. The van der Waals surface area contributed by atoms with Gasteiger partial charge in [-0.1, -0.05) is 12.1 Å². The molecule has 0 spiro atoms. The number of fused-ring (bicyclic) bond motifs is 1. The third-order valence-corrected chi connectivity index (χ3v) is 3.07. The second kappa shape index (κ2) is 6.34. The average Bonchev–Trinajstić information content (AvgIpc) is 2.47. The molecule has 0 aliphatic heterocycles. The fourth-order valence-corrected chi connectivity index (χ4v) is 2.07. The predicted molar refractivity (Wildman–Crippen MR) is 73.8 cm³/mol. The molecule has 0 amide bonds. The number of ether oxygens (including phenoxy) is 1. The van der Waals surface area contributed by atoms with E-state index in [2.05, 4.69) is 4.74 Å². The number of aliphatic hydroxyl groups is 1. The molecule has 0 aliphatic rings. The normalized spacial score (nSPS) is 10.7. The van der Waals surface area contributed by atoms with E-state index >= 15 is 0 Å². The van der Waals surface area contributed by atoms with Crippen LogP contribution < -0.4 is 5.43 Å². The number of aryl methyl sites for hydroxylation is 1. The fraction of sp³-hybridized carbons (Fsp3) is 0.333. The van der Waals surface area contributed by atoms with Crippen LogP contribution in [0.5, 0.6) is 0 Å². The topological polar surface area (TPSA) is 76.7 Å². The number of methoxy groups -OCH3 is 1. The standard InChI is InChI=1S/C15H16O5/c1-19-15(18)13-12(8-4-5-9-16)20-11-7-3-2-6-10(11)14(13)17/h2-3,6-7,16H,4-5,8-9H2,1H3. The molecule has 0 saturated heterocycles. The van der Waals surface area contributed by atoms with Crippen molar-refractivity contribution in [3.63, 3.8) is 0 Å². The number of hydrogen-bond acceptors (Lipinski definition) is 5. The number of hydrogen-bond donors (Lipinski definition) is 1. The van der Waals surface area contributed by atoms with Crippen molar-refractivity contribution in [1.82, 2.24) is 0 Å². The molecule has 1 N–H and O–H groups in total. The number of unbranched alkanes of at least 4 members (excludes halogenated alkanes) is 1. The van der Waals surface area contributed by atoms with Crippen LogP contribution in [0.15, 0.2) is 33.5 Å². The van der Waals surface area contributed by atoms with E-state index < -0.39 is 5.97 Å². The Morgan fingerprint density at radius 1 is 1.30 bits per heavy atom. The summed E-state index contributed by atoms with van der Waals surface area (Å²) in [5, 5.41) is 9.17. The molecule has 0 unspecified atom stereocenters. The van der Waals surface area contributed by atoms with Crippen LogP contribution in [0, 0.1) is 0 Å². The van der Waals surface area contributed by atoms with E-state index in [1.54, 1.807) is 24.3 Å². The molecule has 0 aliphatic carbocycles. The van der Waals surface area contributed by atoms with Gasteiger partial charge in [0.05, 0.1) is 12.5 Å². The third-order valence-electron chi connectivity index (χ3n) is 3.07. The molecular weight excluding hydrogens is 260 g/mol. The molecule has 1 heterocycles. The van der Waals surface area contributed by atoms with Crippen LogP contribution in [-0.4, -0.2) is 24.8 Å². The van der Waals surface area contributed by atoms with Crippen LogP contribution in [0.25, 0.3) is 11.0 Å². The van der Waals surface area contributed by atoms with E-state index in [9.17, 15) is 9.59 Å². The van der Waals surface area contributed by atoms with Crippen LogP contribution in [0.2, 0.25) is 0 Å². The van der Waals surface area contributed by atoms with Crippen LogP contribution in [-0.2, 0) is 11.2 Å². The Balaban J connectivity index is 2.57. The lowest BCUT2D eigenvalue weighted by Gasteiger charge is -2.08. The average molecular weight is 276 g/mol. The highest BCUT2D eigenvalue weighted by Gasteiger charge is 2.21. The Hall–Kier alpha value is -2.14. The Bertz CT molecular complexity index is 672. The zero-order valence-electron chi connectivity index (χ0n) is 11.2. The maximum atomic E-state index is 12.4. The van der Waals surface area contributed by atoms with Crippen molar-refractivity contribution in [2.24, 2.45) is 0 Å². The summed E-state index contributed by atoms with van der Waals surface area (Å²) < 4.78 is 10.3. The van der Waals surface area contributed by atoms with Crippen LogP contribution in [0.4, 0.5) is 0 Å². The summed E-state index contributed by atoms with van der Waals surface area (Å²) in [6, 6.07) is 6.78. The maximum absolute atomic E-state index is 12.4. The smallest absolute Gasteiger partial charge is 0.345 e. The van der Waals surface area contributed by atoms with Gasteiger partial charge in [0.2, 0.25) is 5.43 Å². The van der Waals surface area contributed by atoms with Gasteiger partial charge in [0.1, 0.15) is 16.9 Å². The van der Waals surface area contributed by atoms with Gasteiger partial charge in [-0.3, -0.25) is 4.79 Å². The number of para-hydroxylation sites is 1. The Morgan fingerprint density at radius 3 is 2.75 bits per heavy atom. The highest BCUT2D eigenvalue weighted by Crippen LogP contribution is 2.18. The molecule has 0 fully saturated rings. The van der Waals surface area contributed by atoms with E-state index in [0.29, 0.717) is 36.0 Å². The number of aliphatic hydroxyl groups excluding tert-OH is 1. The largest absolute Gasteiger partial charge is 0.465 e. The van der Waals surface area contributed by atoms with E-state index in [1.807, 2.05) is 0 Å². The first-order valence-corrected chi connectivity index (χ1v) is 6.43. The van der Waals surface area contributed by atoms with Gasteiger partial charge in [0, 0.05) is 13.0 Å². The summed E-state index contributed by atoms with van der Waals surface area (Å²) in [5.41, 5.74) is 0.0194. The highest BCUT2D eigenvalue weighted by molar-refractivity contribution is 5.94. The molecule has 0 bridgehead atoms. The molecule has 0 atom stereocenters. The van der Waals surface area contributed by atoms with Gasteiger partial charge in [-0.15, -0.1) is 0 Å². The number of rotatable bonds is 5. The van der Waals surface area contributed by atoms with Crippen molar-refractivity contribution in [2.45, 2.75) is 19.3 Å². The van der Waals surface area contributed by atoms with E-state index in [4.69, 9.17) is 9.52 Å². The van der Waals surface area contributed by atoms with Gasteiger partial charge < -0.3 is 14.3 Å². The monoisotopic (exact) mass is 276 g/mol. The van der Waals surface area contributed by atoms with Gasteiger partial charge in [0.15, 0.2) is 0 Å². The van der Waals surface area contributed by atoms with E-state index in [-0.39, 0.29) is 17.6 Å². The molecule has 2 rings (SSSR count). The molecule has 0 saturated carbocycles. The van der Waals surface area contributed by atoms with Crippen molar-refractivity contribution in [3.05, 3.63) is 45.8 Å². The van der Waals surface area contributed by atoms with Gasteiger partial charge in [-0.05, 0) is 25.0 Å². The van der Waals surface area contributed by atoms with Gasteiger partial charge >= 0.3 is 5.97 Å². The Kier molecular flexibility index (Phi) is 4.53. The summed E-state index contributed by atoms with van der Waals surface area (Å²) in [7, 11) is 1.23. The van der Waals surface area contributed by atoms with Gasteiger partial charge in [-0.2, -0.15) is 0 Å². The first-order valence-electron chi connectivity index (χ1n) is 6.43. The number of carbonyl (C=O) groups excluding carboxylic acids is 1. The summed E-state index contributed by atoms with van der Waals surface area (Å²) >= 11 is 0. The highest BCUT2D eigenvalue weighted by atomic mass is 16.5. The SMILES string of the molecule is COC(=O)c1c(CCCCO)oc2ccccc2c1=O. The summed E-state index contributed by atoms with van der Waals surface area (Å²) in [5.74, 6) is -0.377. The lowest BCUT2D eigenvalue weighted by Crippen LogP contribution is -2.19. The van der Waals surface area contributed by atoms with Crippen molar-refractivity contribution in [3.8, 4) is 0 Å². The summed E-state index contributed by atoms with van der Waals surface area (Å²) in [6.45, 7) is 0.0609. The van der Waals surface area contributed by atoms with E-state index in [1.165, 1.54) is 7.11 Å². The van der Waals surface area contributed by atoms with Gasteiger partial charge in [0.25, 0.3) is 0 Å². The molecule has 0 radical (unpaired) electrons. The van der Waals surface area contributed by atoms with Crippen LogP contribution in [0.3, 0.4) is 0 Å². The molecule has 5 nitrogen and oxygen atoms in total. The van der Waals surface area contributed by atoms with Crippen molar-refractivity contribution in [2.75, 3.05) is 13.7 Å². The third kappa shape index (κ3) is 2.72. The molecule has 1 aromatic heterocycles. The van der Waals surface area contributed by atoms with Crippen molar-refractivity contribution >= 4 is 16.9 Å². The Labute approximate surface area is 115 Å². The maximum Gasteiger partial charge on any atom is 0.345 e. The zero-order valence-corrected chi connectivity index (χ0v) is 11.2. The molecule has 1 aromatic carbocycles. The predicted octanol–water partition coefficient (Wildman–Crippen LogP) is 1.89. The van der Waals surface area contributed by atoms with Gasteiger partial charge in [-0.25, -0.2) is 4.79 Å². The minimum absolute atomic E-state index is 0.0517. The molecule has 5 heteroatoms. The molecule has 20 heavy (non-hydrogen) atoms. The Morgan fingerprint density at radius 2 is 2.05 bits per heavy atom. The lowest BCUT2D eigenvalue weighted by atomic mass is 10.1. The molecular formula is C15H16O5. The number of benzene rings is 1. The first kappa shape index (κ1) is 14.3. The van der Waals surface area contributed by atoms with E-state index in [0.717, 1.165) is 0 Å². The summed E-state index contributed by atoms with van der Waals surface area (Å²) in [4.78, 5) is 24.2. The minimum atomic E-state index is -0.691. The second-order valence-corrected chi connectivity index (χ2v) is 4.40. The molecule has 106 valence electrons. The van der Waals surface area contributed by atoms with Crippen LogP contribution in [0.1, 0.15) is 29.0 Å². The molecule has 2 aromatic rings. The van der Waals surface area contributed by atoms with Crippen LogP contribution >= 0.6 is 0 Å². The lowest BCUT2D eigenvalue weighted by molar-refractivity contribution is 0.0595. The fourth-order valence-electron chi connectivity index (χ4n) is 2.07. The quantitative estimate of drug-likeness (QED) is 0.666. The van der Waals surface area contributed by atoms with Crippen molar-refractivity contribution in [1.29, 1.82) is 0 Å². The number of carbonyl (C=O) groups is 1. The minimum Gasteiger partial charge on any atom is -0.465 e. The second-order valence-electron chi connectivity index (χ2n) is 4.40.